The second-order valence-electron chi connectivity index (χ2n) is 2.58. The maximum Gasteiger partial charge on any atom is 0.149 e. The quantitative estimate of drug-likeness (QED) is 0.719. The zero-order chi connectivity index (χ0) is 9.42. The van der Waals surface area contributed by atoms with Crippen molar-refractivity contribution in [2.75, 3.05) is 0 Å². The Balaban J connectivity index is 2.92. The van der Waals surface area contributed by atoms with Gasteiger partial charge in [0.25, 0.3) is 0 Å². The van der Waals surface area contributed by atoms with E-state index in [1.54, 1.807) is 12.3 Å². The summed E-state index contributed by atoms with van der Waals surface area (Å²) >= 11 is 6.62. The largest absolute Gasteiger partial charge is 0.252 e. The molecule has 1 aromatic carbocycles. The Morgan fingerprint density at radius 1 is 1.23 bits per heavy atom. The number of nitrogens with zero attached hydrogens (tertiary/aromatic N) is 1. The van der Waals surface area contributed by atoms with E-state index >= 15 is 0 Å². The minimum atomic E-state index is -0.300. The molecule has 2 aromatic rings. The third-order valence-corrected chi connectivity index (χ3v) is 2.84. The van der Waals surface area contributed by atoms with Crippen LogP contribution in [-0.4, -0.2) is 4.98 Å². The summed E-state index contributed by atoms with van der Waals surface area (Å²) in [6.45, 7) is 0. The molecule has 0 atom stereocenters. The van der Waals surface area contributed by atoms with Crippen molar-refractivity contribution in [2.24, 2.45) is 0 Å². The number of hydrogen-bond donors (Lipinski definition) is 0. The van der Waals surface area contributed by atoms with Crippen molar-refractivity contribution < 1.29 is 4.39 Å². The Labute approximate surface area is 91.2 Å². The predicted molar refractivity (Wildman–Crippen MR) is 57.1 cm³/mol. The Morgan fingerprint density at radius 2 is 2.00 bits per heavy atom. The van der Waals surface area contributed by atoms with Crippen LogP contribution < -0.4 is 0 Å². The van der Waals surface area contributed by atoms with Crippen LogP contribution in [-0.2, 0) is 0 Å². The number of hydrogen-bond acceptors (Lipinski definition) is 1. The van der Waals surface area contributed by atoms with Crippen LogP contribution >= 0.6 is 31.9 Å². The van der Waals surface area contributed by atoms with Crippen molar-refractivity contribution in [2.45, 2.75) is 0 Å². The molecule has 0 saturated heterocycles. The summed E-state index contributed by atoms with van der Waals surface area (Å²) in [5.74, 6) is -0.300. The monoisotopic (exact) mass is 303 g/mol. The summed E-state index contributed by atoms with van der Waals surface area (Å²) in [5.41, 5.74) is 0.387. The molecule has 1 nitrogen and oxygen atoms in total. The van der Waals surface area contributed by atoms with Crippen LogP contribution in [0, 0.1) is 5.82 Å². The molecule has 0 spiro atoms. The maximum absolute atomic E-state index is 13.2. The van der Waals surface area contributed by atoms with Gasteiger partial charge in [0.05, 0.1) is 0 Å². The van der Waals surface area contributed by atoms with Gasteiger partial charge in [-0.05, 0) is 34.1 Å². The summed E-state index contributed by atoms with van der Waals surface area (Å²) in [5, 5.41) is 0.773. The number of fused-ring (bicyclic) bond motifs is 1. The number of halogens is 3. The van der Waals surface area contributed by atoms with Crippen molar-refractivity contribution >= 4 is 42.8 Å². The van der Waals surface area contributed by atoms with Gasteiger partial charge in [-0.1, -0.05) is 15.9 Å². The average molecular weight is 305 g/mol. The lowest BCUT2D eigenvalue weighted by atomic mass is 10.2. The zero-order valence-electron chi connectivity index (χ0n) is 6.39. The lowest BCUT2D eigenvalue weighted by molar-refractivity contribution is 0.636. The molecule has 1 heterocycles. The second kappa shape index (κ2) is 3.35. The standard InChI is InChI=1S/C9H4Br2FN/c10-5-3-6-7(11)1-2-8(12)9(6)13-4-5/h1-4H. The molecular formula is C9H4Br2FN. The molecule has 13 heavy (non-hydrogen) atoms. The van der Waals surface area contributed by atoms with E-state index in [2.05, 4.69) is 36.8 Å². The molecule has 0 aliphatic heterocycles. The van der Waals surface area contributed by atoms with Gasteiger partial charge >= 0.3 is 0 Å². The smallest absolute Gasteiger partial charge is 0.149 e. The number of aromatic nitrogens is 1. The van der Waals surface area contributed by atoms with Crippen LogP contribution in [0.15, 0.2) is 33.3 Å². The van der Waals surface area contributed by atoms with Crippen LogP contribution in [0.3, 0.4) is 0 Å². The van der Waals surface area contributed by atoms with Crippen LogP contribution in [0.25, 0.3) is 10.9 Å². The minimum absolute atomic E-state index is 0.300. The van der Waals surface area contributed by atoms with Gasteiger partial charge in [-0.15, -0.1) is 0 Å². The van der Waals surface area contributed by atoms with Crippen LogP contribution in [0.5, 0.6) is 0 Å². The van der Waals surface area contributed by atoms with E-state index in [4.69, 9.17) is 0 Å². The molecule has 4 heteroatoms. The Kier molecular flexibility index (Phi) is 2.34. The first-order valence-corrected chi connectivity index (χ1v) is 5.16. The maximum atomic E-state index is 13.2. The minimum Gasteiger partial charge on any atom is -0.252 e. The Morgan fingerprint density at radius 3 is 2.77 bits per heavy atom. The lowest BCUT2D eigenvalue weighted by Gasteiger charge is -2.01. The first-order valence-electron chi connectivity index (χ1n) is 3.58. The SMILES string of the molecule is Fc1ccc(Br)c2cc(Br)cnc12. The van der Waals surface area contributed by atoms with E-state index in [9.17, 15) is 4.39 Å². The molecule has 0 amide bonds. The molecule has 0 aliphatic carbocycles. The van der Waals surface area contributed by atoms with Gasteiger partial charge in [0, 0.05) is 20.5 Å². The summed E-state index contributed by atoms with van der Waals surface area (Å²) in [6.07, 6.45) is 1.58. The first kappa shape index (κ1) is 9.09. The third-order valence-electron chi connectivity index (χ3n) is 1.71. The second-order valence-corrected chi connectivity index (χ2v) is 4.35. The molecule has 0 fully saturated rings. The van der Waals surface area contributed by atoms with Gasteiger partial charge in [0.2, 0.25) is 0 Å². The van der Waals surface area contributed by atoms with E-state index in [1.165, 1.54) is 6.07 Å². The molecule has 0 N–H and O–H groups in total. The molecule has 1 aromatic heterocycles. The van der Waals surface area contributed by atoms with Gasteiger partial charge in [-0.3, -0.25) is 4.98 Å². The zero-order valence-corrected chi connectivity index (χ0v) is 9.56. The van der Waals surface area contributed by atoms with Gasteiger partial charge in [-0.25, -0.2) is 4.39 Å². The van der Waals surface area contributed by atoms with Gasteiger partial charge < -0.3 is 0 Å². The van der Waals surface area contributed by atoms with E-state index in [-0.39, 0.29) is 5.82 Å². The Hall–Kier alpha value is -0.480. The van der Waals surface area contributed by atoms with Crippen molar-refractivity contribution in [3.63, 3.8) is 0 Å². The average Bonchev–Trinajstić information content (AvgIpc) is 2.12. The van der Waals surface area contributed by atoms with Crippen molar-refractivity contribution in [1.82, 2.24) is 4.98 Å². The summed E-state index contributed by atoms with van der Waals surface area (Å²) in [6, 6.07) is 4.90. The molecule has 2 rings (SSSR count). The highest BCUT2D eigenvalue weighted by Crippen LogP contribution is 2.26. The normalized spacial score (nSPS) is 10.7. The van der Waals surface area contributed by atoms with E-state index < -0.39 is 0 Å². The molecule has 0 bridgehead atoms. The molecule has 0 saturated carbocycles. The molecular weight excluding hydrogens is 301 g/mol. The van der Waals surface area contributed by atoms with Gasteiger partial charge in [-0.2, -0.15) is 0 Å². The van der Waals surface area contributed by atoms with Crippen molar-refractivity contribution in [3.05, 3.63) is 39.2 Å². The fourth-order valence-corrected chi connectivity index (χ4v) is 1.89. The van der Waals surface area contributed by atoms with E-state index in [0.29, 0.717) is 5.52 Å². The molecule has 0 unspecified atom stereocenters. The Bertz CT molecular complexity index is 470. The molecule has 66 valence electrons. The van der Waals surface area contributed by atoms with Gasteiger partial charge in [0.1, 0.15) is 11.3 Å². The van der Waals surface area contributed by atoms with E-state index in [0.717, 1.165) is 14.3 Å². The highest BCUT2D eigenvalue weighted by atomic mass is 79.9. The fourth-order valence-electron chi connectivity index (χ4n) is 1.13. The molecule has 0 radical (unpaired) electrons. The predicted octanol–water partition coefficient (Wildman–Crippen LogP) is 3.90. The third kappa shape index (κ3) is 1.60. The summed E-state index contributed by atoms with van der Waals surface area (Å²) < 4.78 is 14.9. The fraction of sp³-hybridized carbons (Fsp3) is 0. The topological polar surface area (TPSA) is 12.9 Å². The number of rotatable bonds is 0. The molecule has 0 aliphatic rings. The van der Waals surface area contributed by atoms with Crippen LogP contribution in [0.1, 0.15) is 0 Å². The number of pyridine rings is 1. The van der Waals surface area contributed by atoms with Crippen LogP contribution in [0.2, 0.25) is 0 Å². The highest BCUT2D eigenvalue weighted by Gasteiger charge is 2.05. The summed E-state index contributed by atoms with van der Waals surface area (Å²) in [4.78, 5) is 3.99. The highest BCUT2D eigenvalue weighted by molar-refractivity contribution is 9.11. The van der Waals surface area contributed by atoms with E-state index in [1.807, 2.05) is 6.07 Å². The summed E-state index contributed by atoms with van der Waals surface area (Å²) in [7, 11) is 0. The lowest BCUT2D eigenvalue weighted by Crippen LogP contribution is -1.84. The van der Waals surface area contributed by atoms with Crippen LogP contribution in [0.4, 0.5) is 4.39 Å². The van der Waals surface area contributed by atoms with Crippen molar-refractivity contribution in [3.8, 4) is 0 Å². The number of benzene rings is 1. The van der Waals surface area contributed by atoms with Gasteiger partial charge in [0.15, 0.2) is 0 Å². The van der Waals surface area contributed by atoms with Crippen molar-refractivity contribution in [1.29, 1.82) is 0 Å². The first-order chi connectivity index (χ1) is 6.18.